The Kier molecular flexibility index (Phi) is 9.48. The first-order chi connectivity index (χ1) is 15.2. The predicted octanol–water partition coefficient (Wildman–Crippen LogP) is 3.45. The van der Waals surface area contributed by atoms with E-state index in [0.717, 1.165) is 5.56 Å². The molecular weight excluding hydrogens is 506 g/mol. The number of amides is 2. The maximum atomic E-state index is 12.0. The molecule has 0 spiro atoms. The van der Waals surface area contributed by atoms with Crippen LogP contribution in [0.5, 0.6) is 11.5 Å². The van der Waals surface area contributed by atoms with Gasteiger partial charge in [-0.3, -0.25) is 9.59 Å². The molecule has 2 N–H and O–H groups in total. The second kappa shape index (κ2) is 12.1. The molecule has 0 radical (unpaired) electrons. The summed E-state index contributed by atoms with van der Waals surface area (Å²) in [5.41, 5.74) is 4.22. The minimum Gasteiger partial charge on any atom is -0.493 e. The topological polar surface area (TPSA) is 115 Å². The van der Waals surface area contributed by atoms with Crippen LogP contribution < -0.4 is 20.2 Å². The first-order valence-electron chi connectivity index (χ1n) is 9.18. The summed E-state index contributed by atoms with van der Waals surface area (Å²) in [4.78, 5) is 35.3. The normalized spacial score (nSPS) is 10.5. The minimum atomic E-state index is -0.596. The number of rotatable bonds is 9. The fraction of sp³-hybridized carbons (Fsp3) is 0.238. The molecular formula is C21H21BrClN3O6. The molecule has 0 bridgehead atoms. The molecule has 0 aliphatic carbocycles. The number of carbonyl (C=O) groups is 3. The summed E-state index contributed by atoms with van der Waals surface area (Å²) in [6.45, 7) is 1.56. The standard InChI is InChI=1S/C21H21BrClN3O6/c1-12-4-5-14(8-16(12)23)25-18(27)9-19(28)26-24-10-13-6-15(22)21(17(7-13)30-2)32-11-20(29)31-3/h4-8,10H,9,11H2,1-3H3,(H,25,27)(H,26,28). The van der Waals surface area contributed by atoms with Crippen LogP contribution >= 0.6 is 27.5 Å². The van der Waals surface area contributed by atoms with Crippen molar-refractivity contribution in [2.75, 3.05) is 26.1 Å². The molecule has 0 atom stereocenters. The fourth-order valence-corrected chi connectivity index (χ4v) is 3.14. The monoisotopic (exact) mass is 525 g/mol. The van der Waals surface area contributed by atoms with Crippen LogP contribution in [0.15, 0.2) is 39.9 Å². The van der Waals surface area contributed by atoms with E-state index in [4.69, 9.17) is 21.1 Å². The Labute approximate surface area is 198 Å². The van der Waals surface area contributed by atoms with Crippen LogP contribution in [0.1, 0.15) is 17.5 Å². The number of methoxy groups -OCH3 is 2. The number of ether oxygens (including phenoxy) is 3. The minimum absolute atomic E-state index is 0.286. The molecule has 32 heavy (non-hydrogen) atoms. The lowest BCUT2D eigenvalue weighted by Crippen LogP contribution is -2.24. The highest BCUT2D eigenvalue weighted by atomic mass is 79.9. The molecule has 0 saturated heterocycles. The first-order valence-corrected chi connectivity index (χ1v) is 10.4. The Morgan fingerprint density at radius 2 is 1.91 bits per heavy atom. The Morgan fingerprint density at radius 3 is 2.56 bits per heavy atom. The van der Waals surface area contributed by atoms with Crippen molar-refractivity contribution in [2.45, 2.75) is 13.3 Å². The zero-order valence-electron chi connectivity index (χ0n) is 17.5. The number of nitrogens with zero attached hydrogens (tertiary/aromatic N) is 1. The number of anilines is 1. The molecule has 11 heteroatoms. The van der Waals surface area contributed by atoms with Crippen molar-refractivity contribution in [2.24, 2.45) is 5.10 Å². The summed E-state index contributed by atoms with van der Waals surface area (Å²) in [6.07, 6.45) is 0.947. The molecule has 0 heterocycles. The van der Waals surface area contributed by atoms with Crippen LogP contribution in [0, 0.1) is 6.92 Å². The van der Waals surface area contributed by atoms with E-state index in [0.29, 0.717) is 32.2 Å². The Bertz CT molecular complexity index is 1040. The Balaban J connectivity index is 1.94. The smallest absolute Gasteiger partial charge is 0.343 e. The van der Waals surface area contributed by atoms with Gasteiger partial charge < -0.3 is 19.5 Å². The van der Waals surface area contributed by atoms with Crippen molar-refractivity contribution in [3.8, 4) is 11.5 Å². The van der Waals surface area contributed by atoms with E-state index >= 15 is 0 Å². The van der Waals surface area contributed by atoms with Gasteiger partial charge >= 0.3 is 5.97 Å². The third-order valence-corrected chi connectivity index (χ3v) is 4.99. The van der Waals surface area contributed by atoms with Crippen molar-refractivity contribution in [3.05, 3.63) is 51.0 Å². The number of esters is 1. The Hall–Kier alpha value is -3.11. The lowest BCUT2D eigenvalue weighted by atomic mass is 10.2. The van der Waals surface area contributed by atoms with Gasteiger partial charge in [-0.25, -0.2) is 10.2 Å². The molecule has 2 aromatic carbocycles. The first kappa shape index (κ1) is 25.2. The van der Waals surface area contributed by atoms with E-state index < -0.39 is 24.2 Å². The molecule has 0 aliphatic rings. The summed E-state index contributed by atoms with van der Waals surface area (Å²) in [5.74, 6) is -0.990. The second-order valence-electron chi connectivity index (χ2n) is 6.38. The van der Waals surface area contributed by atoms with Gasteiger partial charge in [0.05, 0.1) is 24.9 Å². The Morgan fingerprint density at radius 1 is 1.16 bits per heavy atom. The SMILES string of the molecule is COC(=O)COc1c(Br)cc(C=NNC(=O)CC(=O)Nc2ccc(C)c(Cl)c2)cc1OC. The van der Waals surface area contributed by atoms with E-state index in [2.05, 4.69) is 36.5 Å². The summed E-state index contributed by atoms with van der Waals surface area (Å²) >= 11 is 9.36. The predicted molar refractivity (Wildman–Crippen MR) is 123 cm³/mol. The van der Waals surface area contributed by atoms with Gasteiger partial charge in [-0.15, -0.1) is 0 Å². The van der Waals surface area contributed by atoms with Gasteiger partial charge in [-0.2, -0.15) is 5.10 Å². The molecule has 9 nitrogen and oxygen atoms in total. The van der Waals surface area contributed by atoms with Gasteiger partial charge in [-0.05, 0) is 58.2 Å². The number of halogens is 2. The number of benzene rings is 2. The second-order valence-corrected chi connectivity index (χ2v) is 7.64. The van der Waals surface area contributed by atoms with E-state index in [1.807, 2.05) is 6.92 Å². The highest BCUT2D eigenvalue weighted by molar-refractivity contribution is 9.10. The molecule has 0 fully saturated rings. The third kappa shape index (κ3) is 7.54. The van der Waals surface area contributed by atoms with Crippen molar-refractivity contribution in [3.63, 3.8) is 0 Å². The lowest BCUT2D eigenvalue weighted by Gasteiger charge is -2.12. The quantitative estimate of drug-likeness (QED) is 0.224. The van der Waals surface area contributed by atoms with Crippen LogP contribution in [-0.2, 0) is 19.1 Å². The number of hydrazone groups is 1. The number of carbonyl (C=O) groups excluding carboxylic acids is 3. The highest BCUT2D eigenvalue weighted by Crippen LogP contribution is 2.36. The zero-order chi connectivity index (χ0) is 23.7. The summed E-state index contributed by atoms with van der Waals surface area (Å²) < 4.78 is 15.7. The molecule has 170 valence electrons. The number of hydrogen-bond acceptors (Lipinski definition) is 7. The van der Waals surface area contributed by atoms with Gasteiger partial charge in [0.25, 0.3) is 0 Å². The van der Waals surface area contributed by atoms with Crippen LogP contribution in [0.4, 0.5) is 5.69 Å². The molecule has 0 saturated carbocycles. The summed E-state index contributed by atoms with van der Waals surface area (Å²) in [5, 5.41) is 6.95. The zero-order valence-corrected chi connectivity index (χ0v) is 19.9. The average Bonchev–Trinajstić information content (AvgIpc) is 2.74. The van der Waals surface area contributed by atoms with Crippen molar-refractivity contribution >= 4 is 57.2 Å². The highest BCUT2D eigenvalue weighted by Gasteiger charge is 2.14. The van der Waals surface area contributed by atoms with E-state index in [1.165, 1.54) is 20.4 Å². The van der Waals surface area contributed by atoms with Crippen LogP contribution in [0.2, 0.25) is 5.02 Å². The maximum absolute atomic E-state index is 12.0. The fourth-order valence-electron chi connectivity index (χ4n) is 2.38. The van der Waals surface area contributed by atoms with Crippen molar-refractivity contribution in [1.82, 2.24) is 5.43 Å². The van der Waals surface area contributed by atoms with E-state index in [1.54, 1.807) is 30.3 Å². The molecule has 0 aliphatic heterocycles. The van der Waals surface area contributed by atoms with Crippen LogP contribution in [-0.4, -0.2) is 44.8 Å². The molecule has 0 unspecified atom stereocenters. The van der Waals surface area contributed by atoms with Gasteiger partial charge in [0.2, 0.25) is 11.8 Å². The van der Waals surface area contributed by atoms with Crippen LogP contribution in [0.3, 0.4) is 0 Å². The molecule has 0 aromatic heterocycles. The number of hydrogen-bond donors (Lipinski definition) is 2. The van der Waals surface area contributed by atoms with Gasteiger partial charge in [0, 0.05) is 10.7 Å². The van der Waals surface area contributed by atoms with Gasteiger partial charge in [0.15, 0.2) is 18.1 Å². The van der Waals surface area contributed by atoms with Crippen molar-refractivity contribution < 1.29 is 28.6 Å². The average molecular weight is 527 g/mol. The molecule has 2 rings (SSSR count). The largest absolute Gasteiger partial charge is 0.493 e. The maximum Gasteiger partial charge on any atom is 0.343 e. The lowest BCUT2D eigenvalue weighted by molar-refractivity contribution is -0.143. The molecule has 2 amide bonds. The number of nitrogens with one attached hydrogen (secondary N) is 2. The van der Waals surface area contributed by atoms with Crippen molar-refractivity contribution in [1.29, 1.82) is 0 Å². The number of aryl methyl sites for hydroxylation is 1. The molecule has 2 aromatic rings. The van der Waals surface area contributed by atoms with E-state index in [-0.39, 0.29) is 6.61 Å². The van der Waals surface area contributed by atoms with Crippen LogP contribution in [0.25, 0.3) is 0 Å². The summed E-state index contributed by atoms with van der Waals surface area (Å²) in [6, 6.07) is 8.31. The van der Waals surface area contributed by atoms with Gasteiger partial charge in [-0.1, -0.05) is 17.7 Å². The van der Waals surface area contributed by atoms with E-state index in [9.17, 15) is 14.4 Å². The summed E-state index contributed by atoms with van der Waals surface area (Å²) in [7, 11) is 2.70. The van der Waals surface area contributed by atoms with Gasteiger partial charge in [0.1, 0.15) is 6.42 Å². The third-order valence-electron chi connectivity index (χ3n) is 3.99.